The van der Waals surface area contributed by atoms with Crippen molar-refractivity contribution in [2.45, 2.75) is 43.0 Å². The Kier molecular flexibility index (Phi) is 7.44. The molecule has 1 fully saturated rings. The van der Waals surface area contributed by atoms with Crippen LogP contribution >= 0.6 is 11.8 Å². The van der Waals surface area contributed by atoms with Gasteiger partial charge in [-0.15, -0.1) is 11.8 Å². The molecule has 2 aromatic carbocycles. The molecule has 2 heterocycles. The highest BCUT2D eigenvalue weighted by atomic mass is 32.2. The van der Waals surface area contributed by atoms with Crippen LogP contribution < -0.4 is 10.1 Å². The Morgan fingerprint density at radius 3 is 2.69 bits per heavy atom. The van der Waals surface area contributed by atoms with Gasteiger partial charge in [-0.2, -0.15) is 4.98 Å². The van der Waals surface area contributed by atoms with E-state index in [4.69, 9.17) is 9.26 Å². The average Bonchev–Trinajstić information content (AvgIpc) is 3.24. The first-order valence-corrected chi connectivity index (χ1v) is 11.8. The van der Waals surface area contributed by atoms with Crippen molar-refractivity contribution in [1.29, 1.82) is 0 Å². The number of amides is 1. The first-order valence-electron chi connectivity index (χ1n) is 10.8. The number of carbonyl (C=O) groups excluding carboxylic acids is 1. The lowest BCUT2D eigenvalue weighted by molar-refractivity contribution is 0.0906. The molecule has 7 nitrogen and oxygen atoms in total. The van der Waals surface area contributed by atoms with Gasteiger partial charge in [0, 0.05) is 43.1 Å². The zero-order valence-corrected chi connectivity index (χ0v) is 19.2. The largest absolute Gasteiger partial charge is 0.496 e. The van der Waals surface area contributed by atoms with Gasteiger partial charge in [-0.05, 0) is 31.0 Å². The molecular formula is C24H28N4O3S. The zero-order chi connectivity index (χ0) is 22.3. The highest BCUT2D eigenvalue weighted by Gasteiger charge is 2.23. The standard InChI is InChI=1S/C24H28N4O3S/c1-17-25-23(27-31-17)16-32-22-10-6-4-8-20(22)24(29)26-19-11-13-28(14-12-19)15-18-7-3-5-9-21(18)30-2/h3-10,19H,11-16H2,1-2H3,(H,26,29). The van der Waals surface area contributed by atoms with Gasteiger partial charge < -0.3 is 14.6 Å². The number of hydrogen-bond donors (Lipinski definition) is 1. The van der Waals surface area contributed by atoms with Crippen molar-refractivity contribution < 1.29 is 14.1 Å². The number of piperidine rings is 1. The molecule has 1 N–H and O–H groups in total. The normalized spacial score (nSPS) is 14.9. The molecule has 1 amide bonds. The summed E-state index contributed by atoms with van der Waals surface area (Å²) in [5.41, 5.74) is 1.88. The molecule has 3 aromatic rings. The molecule has 0 aliphatic carbocycles. The average molecular weight is 453 g/mol. The van der Waals surface area contributed by atoms with Gasteiger partial charge in [-0.3, -0.25) is 9.69 Å². The van der Waals surface area contributed by atoms with Crippen LogP contribution in [0.1, 0.15) is 40.5 Å². The van der Waals surface area contributed by atoms with E-state index in [-0.39, 0.29) is 11.9 Å². The lowest BCUT2D eigenvalue weighted by atomic mass is 10.0. The van der Waals surface area contributed by atoms with Crippen LogP contribution in [0.2, 0.25) is 0 Å². The van der Waals surface area contributed by atoms with E-state index in [0.29, 0.717) is 23.0 Å². The minimum Gasteiger partial charge on any atom is -0.496 e. The number of rotatable bonds is 8. The topological polar surface area (TPSA) is 80.5 Å². The lowest BCUT2D eigenvalue weighted by Crippen LogP contribution is -2.44. The molecule has 8 heteroatoms. The number of ether oxygens (including phenoxy) is 1. The molecule has 0 saturated carbocycles. The van der Waals surface area contributed by atoms with Crippen LogP contribution in [0.15, 0.2) is 57.9 Å². The van der Waals surface area contributed by atoms with Crippen molar-refractivity contribution in [3.05, 3.63) is 71.4 Å². The van der Waals surface area contributed by atoms with Crippen molar-refractivity contribution in [2.24, 2.45) is 0 Å². The molecule has 1 aliphatic heterocycles. The Labute approximate surface area is 192 Å². The second-order valence-electron chi connectivity index (χ2n) is 7.85. The molecule has 0 radical (unpaired) electrons. The molecule has 32 heavy (non-hydrogen) atoms. The smallest absolute Gasteiger partial charge is 0.252 e. The van der Waals surface area contributed by atoms with Crippen LogP contribution in [0.25, 0.3) is 0 Å². The molecule has 168 valence electrons. The van der Waals surface area contributed by atoms with Crippen LogP contribution in [-0.4, -0.2) is 47.2 Å². The summed E-state index contributed by atoms with van der Waals surface area (Å²) in [7, 11) is 1.71. The monoisotopic (exact) mass is 452 g/mol. The molecule has 1 saturated heterocycles. The van der Waals surface area contributed by atoms with Crippen molar-refractivity contribution in [3.8, 4) is 5.75 Å². The summed E-state index contributed by atoms with van der Waals surface area (Å²) < 4.78 is 10.5. The Morgan fingerprint density at radius 1 is 1.19 bits per heavy atom. The highest BCUT2D eigenvalue weighted by molar-refractivity contribution is 7.98. The Balaban J connectivity index is 1.30. The second-order valence-corrected chi connectivity index (χ2v) is 8.87. The predicted molar refractivity (Wildman–Crippen MR) is 124 cm³/mol. The summed E-state index contributed by atoms with van der Waals surface area (Å²) in [5.74, 6) is 2.63. The fourth-order valence-corrected chi connectivity index (χ4v) is 4.79. The van der Waals surface area contributed by atoms with E-state index >= 15 is 0 Å². The number of nitrogens with one attached hydrogen (secondary N) is 1. The van der Waals surface area contributed by atoms with Gasteiger partial charge in [-0.25, -0.2) is 0 Å². The van der Waals surface area contributed by atoms with Crippen molar-refractivity contribution in [1.82, 2.24) is 20.4 Å². The van der Waals surface area contributed by atoms with Gasteiger partial charge in [0.2, 0.25) is 5.89 Å². The lowest BCUT2D eigenvalue weighted by Gasteiger charge is -2.32. The van der Waals surface area contributed by atoms with E-state index in [1.165, 1.54) is 5.56 Å². The van der Waals surface area contributed by atoms with Gasteiger partial charge in [0.05, 0.1) is 18.4 Å². The molecule has 1 aliphatic rings. The fourth-order valence-electron chi connectivity index (χ4n) is 3.90. The summed E-state index contributed by atoms with van der Waals surface area (Å²) in [4.78, 5) is 20.6. The van der Waals surface area contributed by atoms with E-state index in [9.17, 15) is 4.79 Å². The number of hydrogen-bond acceptors (Lipinski definition) is 7. The number of aryl methyl sites for hydroxylation is 1. The third kappa shape index (κ3) is 5.69. The Hall–Kier alpha value is -2.84. The minimum atomic E-state index is -0.0272. The maximum Gasteiger partial charge on any atom is 0.252 e. The van der Waals surface area contributed by atoms with Crippen LogP contribution in [0.3, 0.4) is 0 Å². The van der Waals surface area contributed by atoms with Crippen molar-refractivity contribution >= 4 is 17.7 Å². The number of thioether (sulfide) groups is 1. The summed E-state index contributed by atoms with van der Waals surface area (Å²) in [6, 6.07) is 16.0. The van der Waals surface area contributed by atoms with E-state index in [1.54, 1.807) is 25.8 Å². The van der Waals surface area contributed by atoms with E-state index in [1.807, 2.05) is 42.5 Å². The van der Waals surface area contributed by atoms with E-state index < -0.39 is 0 Å². The summed E-state index contributed by atoms with van der Waals surface area (Å²) in [6.45, 7) is 4.51. The SMILES string of the molecule is COc1ccccc1CN1CCC(NC(=O)c2ccccc2SCc2noc(C)n2)CC1. The molecule has 0 bridgehead atoms. The van der Waals surface area contributed by atoms with Crippen LogP contribution in [0.5, 0.6) is 5.75 Å². The van der Waals surface area contributed by atoms with Crippen molar-refractivity contribution in [3.63, 3.8) is 0 Å². The van der Waals surface area contributed by atoms with Crippen LogP contribution in [-0.2, 0) is 12.3 Å². The third-order valence-electron chi connectivity index (χ3n) is 5.57. The van der Waals surface area contributed by atoms with E-state index in [2.05, 4.69) is 26.4 Å². The second kappa shape index (κ2) is 10.7. The molecule has 0 unspecified atom stereocenters. The number of carbonyl (C=O) groups is 1. The number of methoxy groups -OCH3 is 1. The first-order chi connectivity index (χ1) is 15.6. The summed E-state index contributed by atoms with van der Waals surface area (Å²) >= 11 is 1.54. The third-order valence-corrected chi connectivity index (χ3v) is 6.64. The fraction of sp³-hybridized carbons (Fsp3) is 0.375. The highest BCUT2D eigenvalue weighted by Crippen LogP contribution is 2.26. The Bertz CT molecular complexity index is 1050. The summed E-state index contributed by atoms with van der Waals surface area (Å²) in [6.07, 6.45) is 1.86. The van der Waals surface area contributed by atoms with E-state index in [0.717, 1.165) is 43.1 Å². The number of aromatic nitrogens is 2. The number of para-hydroxylation sites is 1. The van der Waals surface area contributed by atoms with Gasteiger partial charge in [0.1, 0.15) is 5.75 Å². The van der Waals surface area contributed by atoms with Crippen LogP contribution in [0.4, 0.5) is 0 Å². The van der Waals surface area contributed by atoms with Crippen LogP contribution in [0, 0.1) is 6.92 Å². The Morgan fingerprint density at radius 2 is 1.94 bits per heavy atom. The first kappa shape index (κ1) is 22.4. The number of likely N-dealkylation sites (tertiary alicyclic amines) is 1. The number of nitrogens with zero attached hydrogens (tertiary/aromatic N) is 3. The minimum absolute atomic E-state index is 0.0272. The molecule has 4 rings (SSSR count). The molecule has 0 spiro atoms. The summed E-state index contributed by atoms with van der Waals surface area (Å²) in [5, 5.41) is 7.16. The molecule has 0 atom stereocenters. The zero-order valence-electron chi connectivity index (χ0n) is 18.4. The maximum absolute atomic E-state index is 13.0. The van der Waals surface area contributed by atoms with Gasteiger partial charge in [0.25, 0.3) is 5.91 Å². The van der Waals surface area contributed by atoms with Gasteiger partial charge >= 0.3 is 0 Å². The number of benzene rings is 2. The predicted octanol–water partition coefficient (Wildman–Crippen LogP) is 4.07. The maximum atomic E-state index is 13.0. The van der Waals surface area contributed by atoms with Gasteiger partial charge in [-0.1, -0.05) is 35.5 Å². The molecule has 1 aromatic heterocycles. The van der Waals surface area contributed by atoms with Crippen molar-refractivity contribution in [2.75, 3.05) is 20.2 Å². The molecular weight excluding hydrogens is 424 g/mol. The quantitative estimate of drug-likeness (QED) is 0.516. The van der Waals surface area contributed by atoms with Gasteiger partial charge in [0.15, 0.2) is 5.82 Å².